The molecule has 0 spiro atoms. The quantitative estimate of drug-likeness (QED) is 0.206. The molecule has 1 aromatic rings. The summed E-state index contributed by atoms with van der Waals surface area (Å²) in [7, 11) is 1.98. The number of carboxylic acid groups (broad SMARTS) is 1. The zero-order chi connectivity index (χ0) is 21.3. The zero-order valence-electron chi connectivity index (χ0n) is 19.5. The van der Waals surface area contributed by atoms with Crippen LogP contribution in [0.1, 0.15) is 131 Å². The molecule has 0 unspecified atom stereocenters. The molecular weight excluding hydrogens is 358 g/mol. The summed E-state index contributed by atoms with van der Waals surface area (Å²) in [6.07, 6.45) is 24.5. The predicted molar refractivity (Wildman–Crippen MR) is 123 cm³/mol. The van der Waals surface area contributed by atoms with E-state index in [1.165, 1.54) is 96.3 Å². The highest BCUT2D eigenvalue weighted by atomic mass is 16.4. The second kappa shape index (κ2) is 16.4. The molecule has 0 atom stereocenters. The highest BCUT2D eigenvalue weighted by Crippen LogP contribution is 2.17. The molecule has 0 bridgehead atoms. The summed E-state index contributed by atoms with van der Waals surface area (Å²) in [6.45, 7) is 4.30. The molecule has 3 heteroatoms. The molecule has 0 aromatic carbocycles. The first-order valence-corrected chi connectivity index (χ1v) is 12.3. The molecule has 0 saturated carbocycles. The standard InChI is InChI=1S/C26H45NO2/c1-4-5-6-7-8-9-10-11-12-13-14-15-16-17-18-19-20-24-23(2)27(3)22-21-25(24)26(28)29/h21-22H,4-20H2,1-3H3/p+1. The number of carboxylic acids is 1. The first-order chi connectivity index (χ1) is 14.1. The maximum atomic E-state index is 11.4. The van der Waals surface area contributed by atoms with Gasteiger partial charge in [-0.05, 0) is 12.8 Å². The van der Waals surface area contributed by atoms with E-state index in [0.29, 0.717) is 5.56 Å². The van der Waals surface area contributed by atoms with Gasteiger partial charge in [-0.15, -0.1) is 0 Å². The van der Waals surface area contributed by atoms with Gasteiger partial charge in [0.25, 0.3) is 0 Å². The molecule has 0 saturated heterocycles. The molecule has 0 aliphatic heterocycles. The average Bonchev–Trinajstić information content (AvgIpc) is 2.70. The third kappa shape index (κ3) is 11.4. The second-order valence-electron chi connectivity index (χ2n) is 8.76. The number of hydrogen-bond acceptors (Lipinski definition) is 1. The van der Waals surface area contributed by atoms with E-state index in [1.807, 2.05) is 24.7 Å². The van der Waals surface area contributed by atoms with Gasteiger partial charge in [0, 0.05) is 18.6 Å². The Labute approximate surface area is 179 Å². The Morgan fingerprint density at radius 3 is 1.62 bits per heavy atom. The van der Waals surface area contributed by atoms with Gasteiger partial charge < -0.3 is 5.11 Å². The monoisotopic (exact) mass is 404 g/mol. The number of carbonyl (C=O) groups is 1. The van der Waals surface area contributed by atoms with E-state index < -0.39 is 5.97 Å². The van der Waals surface area contributed by atoms with E-state index in [9.17, 15) is 9.90 Å². The SMILES string of the molecule is CCCCCCCCCCCCCCCCCCc1c(C(=O)O)cc[n+](C)c1C. The predicted octanol–water partition coefficient (Wildman–Crippen LogP) is 7.32. The fourth-order valence-electron chi connectivity index (χ4n) is 4.17. The Kier molecular flexibility index (Phi) is 14.5. The Morgan fingerprint density at radius 2 is 1.21 bits per heavy atom. The minimum absolute atomic E-state index is 0.474. The maximum Gasteiger partial charge on any atom is 0.336 e. The Bertz CT molecular complexity index is 568. The third-order valence-corrected chi connectivity index (χ3v) is 6.27. The molecule has 0 amide bonds. The fourth-order valence-corrected chi connectivity index (χ4v) is 4.17. The van der Waals surface area contributed by atoms with Crippen LogP contribution >= 0.6 is 0 Å². The van der Waals surface area contributed by atoms with E-state index in [1.54, 1.807) is 6.07 Å². The number of nitrogens with zero attached hydrogens (tertiary/aromatic N) is 1. The summed E-state index contributed by atoms with van der Waals surface area (Å²) in [6, 6.07) is 1.73. The van der Waals surface area contributed by atoms with Crippen molar-refractivity contribution in [3.8, 4) is 0 Å². The molecule has 166 valence electrons. The fraction of sp³-hybridized carbons (Fsp3) is 0.769. The zero-order valence-corrected chi connectivity index (χ0v) is 19.5. The van der Waals surface area contributed by atoms with E-state index in [2.05, 4.69) is 6.92 Å². The second-order valence-corrected chi connectivity index (χ2v) is 8.76. The summed E-state index contributed by atoms with van der Waals surface area (Å²) in [5, 5.41) is 9.41. The van der Waals surface area contributed by atoms with E-state index >= 15 is 0 Å². The lowest BCUT2D eigenvalue weighted by Crippen LogP contribution is -2.33. The Hall–Kier alpha value is -1.38. The molecule has 3 nitrogen and oxygen atoms in total. The van der Waals surface area contributed by atoms with Crippen LogP contribution < -0.4 is 4.57 Å². The molecule has 1 rings (SSSR count). The van der Waals surface area contributed by atoms with Crippen molar-refractivity contribution in [3.05, 3.63) is 29.1 Å². The molecule has 0 radical (unpaired) electrons. The summed E-state index contributed by atoms with van der Waals surface area (Å²) in [5.41, 5.74) is 2.56. The van der Waals surface area contributed by atoms with Crippen molar-refractivity contribution in [2.24, 2.45) is 7.05 Å². The van der Waals surface area contributed by atoms with Crippen LogP contribution in [-0.4, -0.2) is 11.1 Å². The molecule has 0 aliphatic rings. The van der Waals surface area contributed by atoms with Gasteiger partial charge in [-0.25, -0.2) is 9.36 Å². The number of pyridine rings is 1. The van der Waals surface area contributed by atoms with Crippen LogP contribution in [0.3, 0.4) is 0 Å². The molecular formula is C26H46NO2+. The summed E-state index contributed by atoms with van der Waals surface area (Å²) < 4.78 is 2.02. The largest absolute Gasteiger partial charge is 0.478 e. The van der Waals surface area contributed by atoms with E-state index in [-0.39, 0.29) is 0 Å². The highest BCUT2D eigenvalue weighted by Gasteiger charge is 2.18. The minimum Gasteiger partial charge on any atom is -0.478 e. The molecule has 1 aromatic heterocycles. The number of unbranched alkanes of at least 4 members (excludes halogenated alkanes) is 15. The van der Waals surface area contributed by atoms with Gasteiger partial charge in [0.15, 0.2) is 11.9 Å². The summed E-state index contributed by atoms with van der Waals surface area (Å²) in [5.74, 6) is -0.805. The van der Waals surface area contributed by atoms with Crippen LogP contribution in [-0.2, 0) is 13.5 Å². The van der Waals surface area contributed by atoms with Crippen molar-refractivity contribution in [1.82, 2.24) is 0 Å². The summed E-state index contributed by atoms with van der Waals surface area (Å²) in [4.78, 5) is 11.4. The van der Waals surface area contributed by atoms with Gasteiger partial charge >= 0.3 is 5.97 Å². The summed E-state index contributed by atoms with van der Waals surface area (Å²) >= 11 is 0. The lowest BCUT2D eigenvalue weighted by atomic mass is 9.99. The first-order valence-electron chi connectivity index (χ1n) is 12.3. The highest BCUT2D eigenvalue weighted by molar-refractivity contribution is 5.89. The van der Waals surface area contributed by atoms with Crippen LogP contribution in [0.15, 0.2) is 12.3 Å². The molecule has 1 heterocycles. The van der Waals surface area contributed by atoms with Gasteiger partial charge in [-0.2, -0.15) is 0 Å². The van der Waals surface area contributed by atoms with Gasteiger partial charge in [0.2, 0.25) is 0 Å². The number of aromatic nitrogens is 1. The lowest BCUT2D eigenvalue weighted by molar-refractivity contribution is -0.678. The van der Waals surface area contributed by atoms with Crippen molar-refractivity contribution < 1.29 is 14.5 Å². The minimum atomic E-state index is -0.805. The number of rotatable bonds is 18. The van der Waals surface area contributed by atoms with Crippen molar-refractivity contribution in [2.75, 3.05) is 0 Å². The normalized spacial score (nSPS) is 11.1. The van der Waals surface area contributed by atoms with Crippen LogP contribution in [0.2, 0.25) is 0 Å². The lowest BCUT2D eigenvalue weighted by Gasteiger charge is -2.08. The van der Waals surface area contributed by atoms with Gasteiger partial charge in [0.1, 0.15) is 7.05 Å². The third-order valence-electron chi connectivity index (χ3n) is 6.27. The molecule has 0 aliphatic carbocycles. The molecule has 29 heavy (non-hydrogen) atoms. The molecule has 1 N–H and O–H groups in total. The van der Waals surface area contributed by atoms with Crippen LogP contribution in [0.25, 0.3) is 0 Å². The van der Waals surface area contributed by atoms with E-state index in [0.717, 1.165) is 24.1 Å². The van der Waals surface area contributed by atoms with Gasteiger partial charge in [0.05, 0.1) is 5.56 Å². The van der Waals surface area contributed by atoms with Crippen LogP contribution in [0.5, 0.6) is 0 Å². The van der Waals surface area contributed by atoms with Crippen molar-refractivity contribution in [3.63, 3.8) is 0 Å². The molecule has 0 fully saturated rings. The number of aryl methyl sites for hydroxylation is 1. The van der Waals surface area contributed by atoms with E-state index in [4.69, 9.17) is 0 Å². The Balaban J connectivity index is 1.98. The maximum absolute atomic E-state index is 11.4. The first kappa shape index (κ1) is 25.7. The topological polar surface area (TPSA) is 41.2 Å². The van der Waals surface area contributed by atoms with Gasteiger partial charge in [-0.3, -0.25) is 0 Å². The van der Waals surface area contributed by atoms with Crippen LogP contribution in [0, 0.1) is 6.92 Å². The van der Waals surface area contributed by atoms with Crippen molar-refractivity contribution in [1.29, 1.82) is 0 Å². The number of aromatic carboxylic acids is 1. The number of hydrogen-bond donors (Lipinski definition) is 1. The average molecular weight is 405 g/mol. The van der Waals surface area contributed by atoms with Crippen LogP contribution in [0.4, 0.5) is 0 Å². The van der Waals surface area contributed by atoms with Crippen molar-refractivity contribution >= 4 is 5.97 Å². The van der Waals surface area contributed by atoms with Crippen molar-refractivity contribution in [2.45, 2.75) is 123 Å². The van der Waals surface area contributed by atoms with Gasteiger partial charge in [-0.1, -0.05) is 103 Å². The Morgan fingerprint density at radius 1 is 0.793 bits per heavy atom. The smallest absolute Gasteiger partial charge is 0.336 e.